The molecule has 8 nitrogen and oxygen atoms in total. The lowest BCUT2D eigenvalue weighted by Gasteiger charge is -2.24. The van der Waals surface area contributed by atoms with Crippen LogP contribution in [0.2, 0.25) is 0 Å². The fourth-order valence-electron chi connectivity index (χ4n) is 2.38. The van der Waals surface area contributed by atoms with Crippen molar-refractivity contribution in [2.75, 3.05) is 33.4 Å². The van der Waals surface area contributed by atoms with E-state index >= 15 is 0 Å². The summed E-state index contributed by atoms with van der Waals surface area (Å²) in [7, 11) is 1.50. The van der Waals surface area contributed by atoms with Crippen LogP contribution in [0.15, 0.2) is 0 Å². The van der Waals surface area contributed by atoms with Gasteiger partial charge in [0.1, 0.15) is 19.2 Å². The number of hydrogen-bond acceptors (Lipinski definition) is 5. The van der Waals surface area contributed by atoms with E-state index in [0.717, 1.165) is 19.3 Å². The van der Waals surface area contributed by atoms with Crippen molar-refractivity contribution in [2.24, 2.45) is 0 Å². The summed E-state index contributed by atoms with van der Waals surface area (Å²) in [5, 5.41) is 5.31. The molecule has 1 heterocycles. The van der Waals surface area contributed by atoms with Gasteiger partial charge in [0, 0.05) is 19.7 Å². The fraction of sp³-hybridized carbons (Fsp3) is 0.786. The quantitative estimate of drug-likeness (QED) is 0.625. The molecule has 2 fully saturated rings. The zero-order valence-electron chi connectivity index (χ0n) is 12.8. The Hall–Kier alpha value is -1.83. The normalized spacial score (nSPS) is 20.6. The van der Waals surface area contributed by atoms with E-state index in [-0.39, 0.29) is 31.0 Å². The summed E-state index contributed by atoms with van der Waals surface area (Å²) < 4.78 is 9.56. The lowest BCUT2D eigenvalue weighted by molar-refractivity contribution is -0.137. The first-order valence-corrected chi connectivity index (χ1v) is 7.61. The van der Waals surface area contributed by atoms with Gasteiger partial charge in [-0.05, 0) is 25.7 Å². The topological polar surface area (TPSA) is 97.0 Å². The summed E-state index contributed by atoms with van der Waals surface area (Å²) in [4.78, 5) is 37.1. The highest BCUT2D eigenvalue weighted by Crippen LogP contribution is 2.22. The highest BCUT2D eigenvalue weighted by Gasteiger charge is 2.36. The molecule has 1 saturated carbocycles. The molecule has 22 heavy (non-hydrogen) atoms. The average molecular weight is 313 g/mol. The van der Waals surface area contributed by atoms with Crippen LogP contribution in [-0.2, 0) is 19.1 Å². The highest BCUT2D eigenvalue weighted by atomic mass is 16.6. The predicted molar refractivity (Wildman–Crippen MR) is 77.1 cm³/mol. The van der Waals surface area contributed by atoms with Crippen molar-refractivity contribution >= 4 is 17.9 Å². The number of ether oxygens (including phenoxy) is 2. The Labute approximate surface area is 129 Å². The van der Waals surface area contributed by atoms with Crippen LogP contribution in [0.25, 0.3) is 0 Å². The molecule has 1 atom stereocenters. The Kier molecular flexibility index (Phi) is 6.00. The number of hydrogen-bond donors (Lipinski definition) is 2. The maximum atomic E-state index is 12.1. The van der Waals surface area contributed by atoms with Crippen molar-refractivity contribution in [1.82, 2.24) is 15.5 Å². The molecule has 3 amide bonds. The van der Waals surface area contributed by atoms with Gasteiger partial charge in [-0.2, -0.15) is 0 Å². The van der Waals surface area contributed by atoms with Crippen LogP contribution in [0.5, 0.6) is 0 Å². The zero-order chi connectivity index (χ0) is 15.9. The van der Waals surface area contributed by atoms with E-state index < -0.39 is 12.1 Å². The van der Waals surface area contributed by atoms with Gasteiger partial charge in [0.15, 0.2) is 0 Å². The molecule has 1 saturated heterocycles. The van der Waals surface area contributed by atoms with Crippen LogP contribution in [0, 0.1) is 0 Å². The van der Waals surface area contributed by atoms with Gasteiger partial charge in [0.25, 0.3) is 0 Å². The van der Waals surface area contributed by atoms with Crippen LogP contribution in [0.4, 0.5) is 4.79 Å². The van der Waals surface area contributed by atoms with Crippen molar-refractivity contribution in [1.29, 1.82) is 0 Å². The Morgan fingerprint density at radius 2 is 1.95 bits per heavy atom. The Morgan fingerprint density at radius 3 is 2.64 bits per heavy atom. The third-order valence-electron chi connectivity index (χ3n) is 3.70. The van der Waals surface area contributed by atoms with Crippen LogP contribution in [-0.4, -0.2) is 68.3 Å². The van der Waals surface area contributed by atoms with Crippen LogP contribution < -0.4 is 10.6 Å². The standard InChI is InChI=1S/C14H23N3O5/c1-21-7-8-22-14(20)15-9-12(18)17-6-2-3-11(17)13(19)16-10-4-5-10/h10-11H,2-9H2,1H3,(H,15,20)(H,16,19)/t11-/m0/s1. The van der Waals surface area contributed by atoms with Gasteiger partial charge >= 0.3 is 6.09 Å². The maximum absolute atomic E-state index is 12.1. The van der Waals surface area contributed by atoms with E-state index in [0.29, 0.717) is 19.6 Å². The maximum Gasteiger partial charge on any atom is 0.407 e. The summed E-state index contributed by atoms with van der Waals surface area (Å²) in [6.07, 6.45) is 2.83. The lowest BCUT2D eigenvalue weighted by Crippen LogP contribution is -2.49. The van der Waals surface area contributed by atoms with E-state index in [1.807, 2.05) is 0 Å². The molecule has 1 aliphatic carbocycles. The molecule has 0 unspecified atom stereocenters. The highest BCUT2D eigenvalue weighted by molar-refractivity contribution is 5.90. The number of likely N-dealkylation sites (tertiary alicyclic amines) is 1. The van der Waals surface area contributed by atoms with Crippen LogP contribution >= 0.6 is 0 Å². The van der Waals surface area contributed by atoms with Gasteiger partial charge in [-0.15, -0.1) is 0 Å². The van der Waals surface area contributed by atoms with E-state index in [4.69, 9.17) is 9.47 Å². The number of rotatable bonds is 7. The van der Waals surface area contributed by atoms with Crippen molar-refractivity contribution in [2.45, 2.75) is 37.8 Å². The molecule has 0 aromatic heterocycles. The molecular weight excluding hydrogens is 290 g/mol. The first kappa shape index (κ1) is 16.5. The average Bonchev–Trinajstić information content (AvgIpc) is 3.17. The number of carbonyl (C=O) groups is 3. The Balaban J connectivity index is 1.73. The summed E-state index contributed by atoms with van der Waals surface area (Å²) in [6, 6.07) is -0.140. The minimum Gasteiger partial charge on any atom is -0.447 e. The van der Waals surface area contributed by atoms with Gasteiger partial charge < -0.3 is 25.0 Å². The second kappa shape index (κ2) is 7.98. The molecule has 0 aromatic carbocycles. The molecule has 1 aliphatic heterocycles. The predicted octanol–water partition coefficient (Wildman–Crippen LogP) is -0.371. The SMILES string of the molecule is COCCOC(=O)NCC(=O)N1CCC[C@H]1C(=O)NC1CC1. The molecule has 124 valence electrons. The number of alkyl carbamates (subject to hydrolysis) is 1. The minimum absolute atomic E-state index is 0.0870. The summed E-state index contributed by atoms with van der Waals surface area (Å²) in [5.41, 5.74) is 0. The largest absolute Gasteiger partial charge is 0.447 e. The van der Waals surface area contributed by atoms with Gasteiger partial charge in [0.05, 0.1) is 6.61 Å². The van der Waals surface area contributed by atoms with Crippen molar-refractivity contribution in [3.63, 3.8) is 0 Å². The molecule has 0 spiro atoms. The second-order valence-electron chi connectivity index (χ2n) is 5.51. The summed E-state index contributed by atoms with van der Waals surface area (Å²) >= 11 is 0. The molecule has 0 radical (unpaired) electrons. The van der Waals surface area contributed by atoms with Gasteiger partial charge in [0.2, 0.25) is 11.8 Å². The molecule has 2 rings (SSSR count). The molecule has 0 bridgehead atoms. The number of nitrogens with one attached hydrogen (secondary N) is 2. The van der Waals surface area contributed by atoms with E-state index in [1.165, 1.54) is 12.0 Å². The zero-order valence-corrected chi connectivity index (χ0v) is 12.8. The first-order valence-electron chi connectivity index (χ1n) is 7.61. The number of nitrogens with zero attached hydrogens (tertiary/aromatic N) is 1. The van der Waals surface area contributed by atoms with Gasteiger partial charge in [-0.25, -0.2) is 4.79 Å². The van der Waals surface area contributed by atoms with Crippen molar-refractivity contribution in [3.8, 4) is 0 Å². The molecule has 2 aliphatic rings. The van der Waals surface area contributed by atoms with Crippen LogP contribution in [0.3, 0.4) is 0 Å². The van der Waals surface area contributed by atoms with E-state index in [9.17, 15) is 14.4 Å². The van der Waals surface area contributed by atoms with E-state index in [1.54, 1.807) is 0 Å². The lowest BCUT2D eigenvalue weighted by atomic mass is 10.2. The van der Waals surface area contributed by atoms with Crippen LogP contribution in [0.1, 0.15) is 25.7 Å². The smallest absolute Gasteiger partial charge is 0.407 e. The second-order valence-corrected chi connectivity index (χ2v) is 5.51. The third-order valence-corrected chi connectivity index (χ3v) is 3.70. The third kappa shape index (κ3) is 4.87. The van der Waals surface area contributed by atoms with Gasteiger partial charge in [-0.3, -0.25) is 9.59 Å². The van der Waals surface area contributed by atoms with Gasteiger partial charge in [-0.1, -0.05) is 0 Å². The monoisotopic (exact) mass is 313 g/mol. The molecule has 0 aromatic rings. The van der Waals surface area contributed by atoms with Crippen molar-refractivity contribution < 1.29 is 23.9 Å². The molecule has 8 heteroatoms. The molecular formula is C14H23N3O5. The number of amides is 3. The minimum atomic E-state index is -0.663. The summed E-state index contributed by atoms with van der Waals surface area (Å²) in [6.45, 7) is 0.810. The Morgan fingerprint density at radius 1 is 1.18 bits per heavy atom. The molecule has 2 N–H and O–H groups in total. The first-order chi connectivity index (χ1) is 10.6. The number of carbonyl (C=O) groups excluding carboxylic acids is 3. The summed E-state index contributed by atoms with van der Waals surface area (Å²) in [5.74, 6) is -0.354. The Bertz CT molecular complexity index is 425. The fourth-order valence-corrected chi connectivity index (χ4v) is 2.38. The number of methoxy groups -OCH3 is 1. The van der Waals surface area contributed by atoms with Crippen molar-refractivity contribution in [3.05, 3.63) is 0 Å². The van der Waals surface area contributed by atoms with E-state index in [2.05, 4.69) is 10.6 Å².